The van der Waals surface area contributed by atoms with E-state index in [2.05, 4.69) is 15.0 Å². The van der Waals surface area contributed by atoms with Crippen molar-refractivity contribution in [2.45, 2.75) is 52.7 Å². The number of fused-ring (bicyclic) bond motifs is 1. The average Bonchev–Trinajstić information content (AvgIpc) is 3.25. The van der Waals surface area contributed by atoms with Crippen LogP contribution in [0.3, 0.4) is 0 Å². The molecular weight excluding hydrogens is 426 g/mol. The number of hydrogen-bond donors (Lipinski definition) is 3. The standard InChI is InChI=1S/C16H15ClN2O4.C5H11NO2/c1-2-4-11-13(16(20)21)14-15(23-11)10(7-12(17)19-14)18-8-9-5-3-6-22-9;1-5(2,3)8-4(6)7/h3,5-7H,2,4,8H2,1H3,(H,18,19)(H,20,21);1-3H3,(H2,6,7). The van der Waals surface area contributed by atoms with Gasteiger partial charge < -0.3 is 29.7 Å². The van der Waals surface area contributed by atoms with E-state index in [4.69, 9.17) is 26.2 Å². The summed E-state index contributed by atoms with van der Waals surface area (Å²) in [5.41, 5.74) is 5.57. The molecule has 0 aliphatic rings. The number of carbonyl (C=O) groups excluding carboxylic acids is 1. The zero-order valence-corrected chi connectivity index (χ0v) is 18.6. The Labute approximate surface area is 184 Å². The molecule has 0 radical (unpaired) electrons. The number of primary amides is 1. The zero-order valence-electron chi connectivity index (χ0n) is 17.8. The first-order chi connectivity index (χ1) is 14.5. The number of carboxylic acids is 1. The molecule has 3 aromatic heterocycles. The van der Waals surface area contributed by atoms with E-state index in [0.717, 1.165) is 12.2 Å². The van der Waals surface area contributed by atoms with E-state index < -0.39 is 17.7 Å². The summed E-state index contributed by atoms with van der Waals surface area (Å²) in [4.78, 5) is 25.7. The predicted octanol–water partition coefficient (Wildman–Crippen LogP) is 5.22. The zero-order chi connectivity index (χ0) is 23.2. The minimum Gasteiger partial charge on any atom is -0.477 e. The molecule has 0 aromatic carbocycles. The van der Waals surface area contributed by atoms with Gasteiger partial charge in [0.25, 0.3) is 0 Å². The molecular formula is C21H26ClN3O6. The molecule has 1 amide bonds. The first-order valence-electron chi connectivity index (χ1n) is 9.61. The van der Waals surface area contributed by atoms with Crippen LogP contribution < -0.4 is 11.1 Å². The molecule has 168 valence electrons. The number of anilines is 1. The number of carboxylic acid groups (broad SMARTS) is 1. The van der Waals surface area contributed by atoms with Crippen molar-refractivity contribution in [3.05, 3.63) is 46.7 Å². The van der Waals surface area contributed by atoms with Gasteiger partial charge in [0.1, 0.15) is 33.4 Å². The number of aromatic nitrogens is 1. The highest BCUT2D eigenvalue weighted by Gasteiger charge is 2.23. The maximum Gasteiger partial charge on any atom is 0.405 e. The normalized spacial score (nSPS) is 11.0. The second kappa shape index (κ2) is 10.2. The summed E-state index contributed by atoms with van der Waals surface area (Å²) in [6.45, 7) is 7.66. The van der Waals surface area contributed by atoms with E-state index in [9.17, 15) is 14.7 Å². The number of carbonyl (C=O) groups is 2. The van der Waals surface area contributed by atoms with Crippen molar-refractivity contribution in [2.75, 3.05) is 5.32 Å². The lowest BCUT2D eigenvalue weighted by Gasteiger charge is -2.16. The second-order valence-corrected chi connectivity index (χ2v) is 7.98. The maximum absolute atomic E-state index is 11.6. The van der Waals surface area contributed by atoms with Crippen molar-refractivity contribution < 1.29 is 28.3 Å². The molecule has 9 nitrogen and oxygen atoms in total. The third-order valence-corrected chi connectivity index (χ3v) is 4.01. The van der Waals surface area contributed by atoms with Crippen molar-refractivity contribution in [2.24, 2.45) is 5.73 Å². The van der Waals surface area contributed by atoms with Gasteiger partial charge in [-0.15, -0.1) is 0 Å². The molecule has 0 fully saturated rings. The summed E-state index contributed by atoms with van der Waals surface area (Å²) in [5.74, 6) is 0.0784. The van der Waals surface area contributed by atoms with Crippen LogP contribution in [0.1, 0.15) is 56.0 Å². The van der Waals surface area contributed by atoms with E-state index in [1.807, 2.05) is 13.0 Å². The quantitative estimate of drug-likeness (QED) is 0.433. The molecule has 3 rings (SSSR count). The topological polar surface area (TPSA) is 141 Å². The number of nitrogens with zero attached hydrogens (tertiary/aromatic N) is 1. The Hall–Kier alpha value is -3.20. The van der Waals surface area contributed by atoms with E-state index in [1.54, 1.807) is 39.2 Å². The lowest BCUT2D eigenvalue weighted by atomic mass is 10.1. The van der Waals surface area contributed by atoms with Gasteiger partial charge in [0, 0.05) is 12.5 Å². The first kappa shape index (κ1) is 24.1. The van der Waals surface area contributed by atoms with Gasteiger partial charge in [0.05, 0.1) is 18.5 Å². The third-order valence-electron chi connectivity index (χ3n) is 3.81. The Bertz CT molecular complexity index is 1040. The molecule has 0 aliphatic heterocycles. The fourth-order valence-corrected chi connectivity index (χ4v) is 2.93. The fourth-order valence-electron chi connectivity index (χ4n) is 2.73. The van der Waals surface area contributed by atoms with Crippen LogP contribution in [0.5, 0.6) is 0 Å². The molecule has 4 N–H and O–H groups in total. The Balaban J connectivity index is 0.000000366. The Morgan fingerprint density at radius 3 is 2.55 bits per heavy atom. The molecule has 0 saturated carbocycles. The van der Waals surface area contributed by atoms with Gasteiger partial charge in [0.15, 0.2) is 5.58 Å². The largest absolute Gasteiger partial charge is 0.477 e. The monoisotopic (exact) mass is 451 g/mol. The number of aromatic carboxylic acids is 1. The minimum absolute atomic E-state index is 0.0744. The lowest BCUT2D eigenvalue weighted by molar-refractivity contribution is 0.0598. The number of halogens is 1. The van der Waals surface area contributed by atoms with Crippen molar-refractivity contribution in [1.29, 1.82) is 0 Å². The van der Waals surface area contributed by atoms with Crippen molar-refractivity contribution in [3.8, 4) is 0 Å². The molecule has 3 heterocycles. The number of hydrogen-bond acceptors (Lipinski definition) is 7. The number of rotatable bonds is 6. The van der Waals surface area contributed by atoms with Crippen LogP contribution in [0, 0.1) is 0 Å². The van der Waals surface area contributed by atoms with Gasteiger partial charge in [0.2, 0.25) is 0 Å². The molecule has 3 aromatic rings. The summed E-state index contributed by atoms with van der Waals surface area (Å²) in [7, 11) is 0. The summed E-state index contributed by atoms with van der Waals surface area (Å²) >= 11 is 6.04. The number of pyridine rings is 1. The molecule has 0 spiro atoms. The summed E-state index contributed by atoms with van der Waals surface area (Å²) in [6, 6.07) is 5.24. The molecule has 0 atom stereocenters. The van der Waals surface area contributed by atoms with Gasteiger partial charge in [-0.3, -0.25) is 0 Å². The molecule has 31 heavy (non-hydrogen) atoms. The Morgan fingerprint density at radius 2 is 2.06 bits per heavy atom. The molecule has 0 bridgehead atoms. The van der Waals surface area contributed by atoms with Crippen LogP contribution in [0.15, 0.2) is 33.3 Å². The number of amides is 1. The molecule has 0 unspecified atom stereocenters. The van der Waals surface area contributed by atoms with E-state index in [0.29, 0.717) is 30.0 Å². The third kappa shape index (κ3) is 6.92. The van der Waals surface area contributed by atoms with Crippen LogP contribution in [0.25, 0.3) is 11.1 Å². The number of nitrogens with one attached hydrogen (secondary N) is 1. The number of aryl methyl sites for hydroxylation is 1. The van der Waals surface area contributed by atoms with E-state index in [1.165, 1.54) is 0 Å². The Kier molecular flexibility index (Phi) is 7.93. The van der Waals surface area contributed by atoms with E-state index in [-0.39, 0.29) is 16.2 Å². The molecule has 0 aliphatic carbocycles. The highest BCUT2D eigenvalue weighted by molar-refractivity contribution is 6.30. The van der Waals surface area contributed by atoms with Gasteiger partial charge >= 0.3 is 12.1 Å². The van der Waals surface area contributed by atoms with Gasteiger partial charge in [-0.05, 0) is 39.3 Å². The predicted molar refractivity (Wildman–Crippen MR) is 116 cm³/mol. The smallest absolute Gasteiger partial charge is 0.405 e. The van der Waals surface area contributed by atoms with Crippen LogP contribution in [-0.2, 0) is 17.7 Å². The van der Waals surface area contributed by atoms with Crippen LogP contribution >= 0.6 is 11.6 Å². The van der Waals surface area contributed by atoms with Crippen molar-refractivity contribution in [1.82, 2.24) is 4.98 Å². The Morgan fingerprint density at radius 1 is 1.35 bits per heavy atom. The lowest BCUT2D eigenvalue weighted by Crippen LogP contribution is -2.27. The van der Waals surface area contributed by atoms with Crippen LogP contribution in [-0.4, -0.2) is 27.8 Å². The molecule has 10 heteroatoms. The summed E-state index contributed by atoms with van der Waals surface area (Å²) < 4.78 is 15.6. The maximum atomic E-state index is 11.6. The number of furan rings is 2. The van der Waals surface area contributed by atoms with Gasteiger partial charge in [-0.1, -0.05) is 18.5 Å². The van der Waals surface area contributed by atoms with Gasteiger partial charge in [-0.2, -0.15) is 0 Å². The van der Waals surface area contributed by atoms with Crippen molar-refractivity contribution >= 4 is 40.5 Å². The average molecular weight is 452 g/mol. The van der Waals surface area contributed by atoms with Crippen LogP contribution in [0.2, 0.25) is 5.15 Å². The second-order valence-electron chi connectivity index (χ2n) is 7.59. The van der Waals surface area contributed by atoms with E-state index >= 15 is 0 Å². The van der Waals surface area contributed by atoms with Crippen LogP contribution in [0.4, 0.5) is 10.5 Å². The fraction of sp³-hybridized carbons (Fsp3) is 0.381. The number of nitrogens with two attached hydrogens (primary N) is 1. The minimum atomic E-state index is -1.07. The van der Waals surface area contributed by atoms with Crippen molar-refractivity contribution in [3.63, 3.8) is 0 Å². The summed E-state index contributed by atoms with van der Waals surface area (Å²) in [5, 5.41) is 12.8. The SMILES string of the molecule is CC(C)(C)OC(N)=O.CCCc1oc2c(NCc3ccco3)cc(Cl)nc2c1C(=O)O. The summed E-state index contributed by atoms with van der Waals surface area (Å²) in [6.07, 6.45) is 2.15. The number of ether oxygens (including phenoxy) is 1. The van der Waals surface area contributed by atoms with Gasteiger partial charge in [-0.25, -0.2) is 14.6 Å². The highest BCUT2D eigenvalue weighted by Crippen LogP contribution is 2.33. The molecule has 0 saturated heterocycles. The first-order valence-corrected chi connectivity index (χ1v) is 9.99. The highest BCUT2D eigenvalue weighted by atomic mass is 35.5.